The zero-order valence-electron chi connectivity index (χ0n) is 22.1. The van der Waals surface area contributed by atoms with Crippen LogP contribution in [0.5, 0.6) is 0 Å². The third-order valence-electron chi connectivity index (χ3n) is 5.80. The van der Waals surface area contributed by atoms with Gasteiger partial charge < -0.3 is 30.5 Å². The van der Waals surface area contributed by atoms with Gasteiger partial charge in [0.2, 0.25) is 17.7 Å². The molecule has 1 aromatic rings. The van der Waals surface area contributed by atoms with Crippen LogP contribution in [0.25, 0.3) is 0 Å². The molecule has 0 unspecified atom stereocenters. The summed E-state index contributed by atoms with van der Waals surface area (Å²) >= 11 is 0. The standard InChI is InChI=1S/C26H38N4O8/c1-17(2)13-20(24(33)29-21(26(35)36)14-19-7-5-4-6-8-19)28-25(34)22(27-18(3)31)16-38-23(32)15-30-9-11-37-12-10-30/h4-8,17,20-22H,9-16H2,1-3H3,(H,27,31)(H,28,34)(H,29,33)(H,35,36)/t20-,21-,22-/m0/s1. The summed E-state index contributed by atoms with van der Waals surface area (Å²) in [4.78, 5) is 63.8. The van der Waals surface area contributed by atoms with Crippen molar-refractivity contribution in [2.24, 2.45) is 5.92 Å². The van der Waals surface area contributed by atoms with Crippen molar-refractivity contribution >= 4 is 29.7 Å². The van der Waals surface area contributed by atoms with Crippen molar-refractivity contribution in [1.82, 2.24) is 20.9 Å². The summed E-state index contributed by atoms with van der Waals surface area (Å²) < 4.78 is 10.5. The van der Waals surface area contributed by atoms with Crippen LogP contribution in [-0.2, 0) is 39.9 Å². The maximum absolute atomic E-state index is 13.1. The highest BCUT2D eigenvalue weighted by Gasteiger charge is 2.30. The molecule has 0 radical (unpaired) electrons. The number of aliphatic carboxylic acids is 1. The number of nitrogens with one attached hydrogen (secondary N) is 3. The van der Waals surface area contributed by atoms with Crippen LogP contribution in [0.1, 0.15) is 32.8 Å². The molecule has 1 heterocycles. The lowest BCUT2D eigenvalue weighted by Crippen LogP contribution is -2.57. The number of rotatable bonds is 14. The molecule has 210 valence electrons. The van der Waals surface area contributed by atoms with Gasteiger partial charge in [-0.25, -0.2) is 4.79 Å². The predicted octanol–water partition coefficient (Wildman–Crippen LogP) is -0.290. The van der Waals surface area contributed by atoms with Gasteiger partial charge in [0.1, 0.15) is 24.7 Å². The second kappa shape index (κ2) is 15.7. The van der Waals surface area contributed by atoms with Gasteiger partial charge in [0.15, 0.2) is 0 Å². The van der Waals surface area contributed by atoms with E-state index < -0.39 is 54.4 Å². The van der Waals surface area contributed by atoms with Gasteiger partial charge in [0.25, 0.3) is 0 Å². The van der Waals surface area contributed by atoms with E-state index in [0.29, 0.717) is 26.3 Å². The van der Waals surface area contributed by atoms with Gasteiger partial charge in [0, 0.05) is 26.4 Å². The summed E-state index contributed by atoms with van der Waals surface area (Å²) in [5, 5.41) is 17.2. The highest BCUT2D eigenvalue weighted by molar-refractivity contribution is 5.93. The third-order valence-corrected chi connectivity index (χ3v) is 5.80. The summed E-state index contributed by atoms with van der Waals surface area (Å²) in [6.45, 7) is 6.71. The minimum absolute atomic E-state index is 0.0194. The first-order valence-corrected chi connectivity index (χ1v) is 12.7. The molecule has 0 saturated carbocycles. The lowest BCUT2D eigenvalue weighted by Gasteiger charge is -2.26. The number of carbonyl (C=O) groups excluding carboxylic acids is 4. The number of nitrogens with zero attached hydrogens (tertiary/aromatic N) is 1. The number of amides is 3. The number of carboxylic acids is 1. The summed E-state index contributed by atoms with van der Waals surface area (Å²) in [5.41, 5.74) is 0.731. The number of hydrogen-bond donors (Lipinski definition) is 4. The fraction of sp³-hybridized carbons (Fsp3) is 0.577. The van der Waals surface area contributed by atoms with E-state index in [-0.39, 0.29) is 25.3 Å². The van der Waals surface area contributed by atoms with Crippen molar-refractivity contribution in [3.8, 4) is 0 Å². The van der Waals surface area contributed by atoms with Crippen LogP contribution in [0.4, 0.5) is 0 Å². The molecule has 3 amide bonds. The van der Waals surface area contributed by atoms with Crippen molar-refractivity contribution in [2.45, 2.75) is 51.7 Å². The molecule has 1 aliphatic rings. The molecule has 0 aliphatic carbocycles. The van der Waals surface area contributed by atoms with Crippen molar-refractivity contribution in [1.29, 1.82) is 0 Å². The number of carbonyl (C=O) groups is 5. The predicted molar refractivity (Wildman–Crippen MR) is 137 cm³/mol. The average Bonchev–Trinajstić information content (AvgIpc) is 2.86. The Morgan fingerprint density at radius 1 is 0.947 bits per heavy atom. The van der Waals surface area contributed by atoms with Crippen LogP contribution in [-0.4, -0.2) is 97.2 Å². The highest BCUT2D eigenvalue weighted by Crippen LogP contribution is 2.09. The third kappa shape index (κ3) is 11.3. The van der Waals surface area contributed by atoms with Crippen LogP contribution in [0.15, 0.2) is 30.3 Å². The van der Waals surface area contributed by atoms with E-state index in [2.05, 4.69) is 16.0 Å². The van der Waals surface area contributed by atoms with E-state index >= 15 is 0 Å². The van der Waals surface area contributed by atoms with Crippen molar-refractivity contribution in [3.05, 3.63) is 35.9 Å². The van der Waals surface area contributed by atoms with Crippen molar-refractivity contribution < 1.29 is 38.6 Å². The van der Waals surface area contributed by atoms with Gasteiger partial charge >= 0.3 is 11.9 Å². The molecule has 0 bridgehead atoms. The number of morpholine rings is 1. The van der Waals surface area contributed by atoms with Gasteiger partial charge in [-0.2, -0.15) is 0 Å². The SMILES string of the molecule is CC(=O)N[C@@H](COC(=O)CN1CCOCC1)C(=O)N[C@@H](CC(C)C)C(=O)N[C@@H](Cc1ccccc1)C(=O)O. The maximum atomic E-state index is 13.1. The quantitative estimate of drug-likeness (QED) is 0.235. The summed E-state index contributed by atoms with van der Waals surface area (Å²) in [6, 6.07) is 5.35. The van der Waals surface area contributed by atoms with Crippen molar-refractivity contribution in [3.63, 3.8) is 0 Å². The molecule has 1 fully saturated rings. The summed E-state index contributed by atoms with van der Waals surface area (Å²) in [6.07, 6.45) is 0.288. The average molecular weight is 535 g/mol. The molecule has 2 rings (SSSR count). The molecule has 12 heteroatoms. The normalized spacial score (nSPS) is 16.1. The second-order valence-electron chi connectivity index (χ2n) is 9.60. The van der Waals surface area contributed by atoms with E-state index in [9.17, 15) is 29.1 Å². The van der Waals surface area contributed by atoms with Crippen LogP contribution in [0.3, 0.4) is 0 Å². The number of hydrogen-bond acceptors (Lipinski definition) is 8. The minimum atomic E-state index is -1.23. The van der Waals surface area contributed by atoms with Gasteiger partial charge in [-0.05, 0) is 17.9 Å². The number of benzene rings is 1. The fourth-order valence-corrected chi connectivity index (χ4v) is 3.89. The van der Waals surface area contributed by atoms with Gasteiger partial charge in [-0.3, -0.25) is 24.1 Å². The zero-order valence-corrected chi connectivity index (χ0v) is 22.1. The smallest absolute Gasteiger partial charge is 0.326 e. The first kappa shape index (κ1) is 30.7. The molecule has 1 aliphatic heterocycles. The molecule has 4 N–H and O–H groups in total. The Kier molecular flexibility index (Phi) is 12.7. The molecule has 38 heavy (non-hydrogen) atoms. The largest absolute Gasteiger partial charge is 0.480 e. The molecule has 1 saturated heterocycles. The molecular weight excluding hydrogens is 496 g/mol. The van der Waals surface area contributed by atoms with E-state index in [0.717, 1.165) is 5.56 Å². The minimum Gasteiger partial charge on any atom is -0.480 e. The first-order chi connectivity index (χ1) is 18.0. The van der Waals surface area contributed by atoms with Crippen LogP contribution >= 0.6 is 0 Å². The Hall–Kier alpha value is -3.51. The Morgan fingerprint density at radius 3 is 2.13 bits per heavy atom. The number of carboxylic acid groups (broad SMARTS) is 1. The van der Waals surface area contributed by atoms with Gasteiger partial charge in [-0.1, -0.05) is 44.2 Å². The fourth-order valence-electron chi connectivity index (χ4n) is 3.89. The number of ether oxygens (including phenoxy) is 2. The Morgan fingerprint density at radius 2 is 1.55 bits per heavy atom. The molecule has 0 spiro atoms. The van der Waals surface area contributed by atoms with E-state index in [4.69, 9.17) is 9.47 Å². The lowest BCUT2D eigenvalue weighted by molar-refractivity contribution is -0.148. The van der Waals surface area contributed by atoms with Crippen molar-refractivity contribution in [2.75, 3.05) is 39.5 Å². The van der Waals surface area contributed by atoms with E-state index in [1.54, 1.807) is 30.3 Å². The van der Waals surface area contributed by atoms with Crippen LogP contribution < -0.4 is 16.0 Å². The Balaban J connectivity index is 2.03. The molecule has 12 nitrogen and oxygen atoms in total. The molecule has 3 atom stereocenters. The monoisotopic (exact) mass is 534 g/mol. The highest BCUT2D eigenvalue weighted by atomic mass is 16.5. The van der Waals surface area contributed by atoms with Crippen LogP contribution in [0, 0.1) is 5.92 Å². The second-order valence-corrected chi connectivity index (χ2v) is 9.60. The zero-order chi connectivity index (χ0) is 28.1. The molecular formula is C26H38N4O8. The van der Waals surface area contributed by atoms with E-state index in [1.165, 1.54) is 6.92 Å². The van der Waals surface area contributed by atoms with Gasteiger partial charge in [0.05, 0.1) is 19.8 Å². The maximum Gasteiger partial charge on any atom is 0.326 e. The number of esters is 1. The summed E-state index contributed by atoms with van der Waals surface area (Å²) in [5.74, 6) is -3.70. The topological polar surface area (TPSA) is 163 Å². The van der Waals surface area contributed by atoms with E-state index in [1.807, 2.05) is 18.7 Å². The van der Waals surface area contributed by atoms with Crippen LogP contribution in [0.2, 0.25) is 0 Å². The lowest BCUT2D eigenvalue weighted by atomic mass is 10.0. The first-order valence-electron chi connectivity index (χ1n) is 12.7. The summed E-state index contributed by atoms with van der Waals surface area (Å²) in [7, 11) is 0. The molecule has 0 aromatic heterocycles. The molecule has 1 aromatic carbocycles. The Labute approximate surface area is 222 Å². The van der Waals surface area contributed by atoms with Gasteiger partial charge in [-0.15, -0.1) is 0 Å². The Bertz CT molecular complexity index is 950.